The number of hydrogen-bond donors (Lipinski definition) is 1. The number of benzene rings is 1. The molecule has 7 nitrogen and oxygen atoms in total. The van der Waals surface area contributed by atoms with Gasteiger partial charge in [-0.1, -0.05) is 47.1 Å². The number of aromatic nitrogens is 4. The second kappa shape index (κ2) is 11.2. The third kappa shape index (κ3) is 5.73. The fourth-order valence-corrected chi connectivity index (χ4v) is 5.16. The Balaban J connectivity index is 1.54. The summed E-state index contributed by atoms with van der Waals surface area (Å²) in [6.45, 7) is 5.35. The molecule has 1 aliphatic rings. The van der Waals surface area contributed by atoms with Crippen LogP contribution in [-0.2, 0) is 17.9 Å². The second-order valence-electron chi connectivity index (χ2n) is 8.51. The average Bonchev–Trinajstić information content (AvgIpc) is 3.17. The molecule has 1 amide bonds. The van der Waals surface area contributed by atoms with E-state index in [-0.39, 0.29) is 17.2 Å². The normalized spacial score (nSPS) is 13.8. The summed E-state index contributed by atoms with van der Waals surface area (Å²) in [6.07, 6.45) is 7.99. The van der Waals surface area contributed by atoms with Crippen LogP contribution in [0.3, 0.4) is 0 Å². The first-order valence-electron chi connectivity index (χ1n) is 11.8. The lowest BCUT2D eigenvalue weighted by atomic mass is 9.97. The first kappa shape index (κ1) is 24.5. The van der Waals surface area contributed by atoms with E-state index in [1.165, 1.54) is 30.2 Å². The van der Waals surface area contributed by atoms with Crippen molar-refractivity contribution in [3.8, 4) is 0 Å². The summed E-state index contributed by atoms with van der Waals surface area (Å²) < 4.78 is 3.32. The standard InChI is InChI=1S/C25H30ClN5O2S/c1-3-31-23-22(17(2)29-31)28-25(30(24(23)33)15-19-9-11-20(26)12-10-19)34-16-21(32)27-14-13-18-7-5-4-6-8-18/h7,9-12H,3-6,8,13-16H2,1-2H3,(H,27,32). The first-order chi connectivity index (χ1) is 16.5. The number of amides is 1. The van der Waals surface area contributed by atoms with Gasteiger partial charge in [-0.05, 0) is 63.6 Å². The van der Waals surface area contributed by atoms with E-state index in [2.05, 4.69) is 16.5 Å². The number of nitrogens with zero attached hydrogens (tertiary/aromatic N) is 4. The Morgan fingerprint density at radius 3 is 2.74 bits per heavy atom. The van der Waals surface area contributed by atoms with Gasteiger partial charge in [0.2, 0.25) is 5.91 Å². The van der Waals surface area contributed by atoms with Crippen molar-refractivity contribution < 1.29 is 4.79 Å². The number of fused-ring (bicyclic) bond motifs is 1. The third-order valence-corrected chi connectivity index (χ3v) is 7.25. The van der Waals surface area contributed by atoms with Crippen molar-refractivity contribution in [1.82, 2.24) is 24.6 Å². The maximum atomic E-state index is 13.5. The van der Waals surface area contributed by atoms with Crippen LogP contribution in [0.25, 0.3) is 11.0 Å². The molecular weight excluding hydrogens is 470 g/mol. The smallest absolute Gasteiger partial charge is 0.280 e. The molecule has 1 aliphatic carbocycles. The Morgan fingerprint density at radius 2 is 2.03 bits per heavy atom. The van der Waals surface area contributed by atoms with Gasteiger partial charge >= 0.3 is 0 Å². The number of nitrogens with one attached hydrogen (secondary N) is 1. The summed E-state index contributed by atoms with van der Waals surface area (Å²) in [5, 5.41) is 8.63. The molecule has 0 aliphatic heterocycles. The van der Waals surface area contributed by atoms with Crippen LogP contribution in [0.2, 0.25) is 5.02 Å². The van der Waals surface area contributed by atoms with Crippen molar-refractivity contribution in [1.29, 1.82) is 0 Å². The van der Waals surface area contributed by atoms with Gasteiger partial charge < -0.3 is 5.32 Å². The SMILES string of the molecule is CCn1nc(C)c2nc(SCC(=O)NCCC3=CCCCC3)n(Cc3ccc(Cl)cc3)c(=O)c21. The molecule has 0 atom stereocenters. The van der Waals surface area contributed by atoms with Gasteiger partial charge in [0.25, 0.3) is 5.56 Å². The quantitative estimate of drug-likeness (QED) is 0.261. The third-order valence-electron chi connectivity index (χ3n) is 6.02. The fraction of sp³-hybridized carbons (Fsp3) is 0.440. The highest BCUT2D eigenvalue weighted by Gasteiger charge is 2.19. The van der Waals surface area contributed by atoms with Crippen LogP contribution in [0.4, 0.5) is 0 Å². The van der Waals surface area contributed by atoms with E-state index in [0.717, 1.165) is 24.8 Å². The van der Waals surface area contributed by atoms with Crippen LogP contribution in [0, 0.1) is 6.92 Å². The molecule has 1 aromatic carbocycles. The molecule has 0 bridgehead atoms. The number of aryl methyl sites for hydroxylation is 2. The Labute approximate surface area is 208 Å². The molecule has 0 spiro atoms. The van der Waals surface area contributed by atoms with E-state index >= 15 is 0 Å². The number of rotatable bonds is 9. The van der Waals surface area contributed by atoms with Gasteiger partial charge in [0, 0.05) is 18.1 Å². The monoisotopic (exact) mass is 499 g/mol. The molecule has 2 aromatic heterocycles. The molecule has 180 valence electrons. The van der Waals surface area contributed by atoms with Gasteiger partial charge in [0.15, 0.2) is 10.7 Å². The largest absolute Gasteiger partial charge is 0.355 e. The Bertz CT molecular complexity index is 1260. The predicted octanol–water partition coefficient (Wildman–Crippen LogP) is 4.72. The molecular formula is C25H30ClN5O2S. The first-order valence-corrected chi connectivity index (χ1v) is 13.1. The van der Waals surface area contributed by atoms with Crippen molar-refractivity contribution in [2.45, 2.75) is 64.2 Å². The Morgan fingerprint density at radius 1 is 1.24 bits per heavy atom. The summed E-state index contributed by atoms with van der Waals surface area (Å²) in [5.74, 6) is 0.133. The van der Waals surface area contributed by atoms with Gasteiger partial charge in [-0.3, -0.25) is 18.8 Å². The topological polar surface area (TPSA) is 81.8 Å². The maximum Gasteiger partial charge on any atom is 0.280 e. The molecule has 0 saturated heterocycles. The van der Waals surface area contributed by atoms with Gasteiger partial charge in [-0.15, -0.1) is 0 Å². The molecule has 0 radical (unpaired) electrons. The zero-order valence-corrected chi connectivity index (χ0v) is 21.2. The van der Waals surface area contributed by atoms with Crippen molar-refractivity contribution >= 4 is 40.3 Å². The van der Waals surface area contributed by atoms with Gasteiger partial charge in [0.05, 0.1) is 18.0 Å². The van der Waals surface area contributed by atoms with Crippen molar-refractivity contribution in [2.75, 3.05) is 12.3 Å². The highest BCUT2D eigenvalue weighted by atomic mass is 35.5. The molecule has 0 unspecified atom stereocenters. The Kier molecular flexibility index (Phi) is 8.11. The number of hydrogen-bond acceptors (Lipinski definition) is 5. The average molecular weight is 500 g/mol. The van der Waals surface area contributed by atoms with Gasteiger partial charge in [-0.25, -0.2) is 4.98 Å². The van der Waals surface area contributed by atoms with E-state index in [0.29, 0.717) is 46.5 Å². The van der Waals surface area contributed by atoms with E-state index in [1.54, 1.807) is 21.4 Å². The molecule has 3 aromatic rings. The predicted molar refractivity (Wildman–Crippen MR) is 138 cm³/mol. The minimum Gasteiger partial charge on any atom is -0.355 e. The van der Waals surface area contributed by atoms with Crippen molar-refractivity contribution in [2.24, 2.45) is 0 Å². The summed E-state index contributed by atoms with van der Waals surface area (Å²) in [7, 11) is 0. The van der Waals surface area contributed by atoms with Crippen LogP contribution < -0.4 is 10.9 Å². The number of thioether (sulfide) groups is 1. The minimum atomic E-state index is -0.158. The van der Waals surface area contributed by atoms with Gasteiger partial charge in [-0.2, -0.15) is 5.10 Å². The molecule has 9 heteroatoms. The molecule has 2 heterocycles. The Hall–Kier alpha value is -2.58. The van der Waals surface area contributed by atoms with E-state index in [4.69, 9.17) is 16.6 Å². The number of halogens is 1. The van der Waals surface area contributed by atoms with Crippen LogP contribution in [0.15, 0.2) is 45.9 Å². The van der Waals surface area contributed by atoms with Crippen LogP contribution >= 0.6 is 23.4 Å². The van der Waals surface area contributed by atoms with E-state index in [1.807, 2.05) is 26.0 Å². The fourth-order valence-electron chi connectivity index (χ4n) is 4.21. The number of carbonyl (C=O) groups excluding carboxylic acids is 1. The molecule has 1 N–H and O–H groups in total. The number of allylic oxidation sites excluding steroid dienone is 1. The molecule has 0 saturated carbocycles. The summed E-state index contributed by atoms with van der Waals surface area (Å²) >= 11 is 7.31. The van der Waals surface area contributed by atoms with Crippen molar-refractivity contribution in [3.63, 3.8) is 0 Å². The summed E-state index contributed by atoms with van der Waals surface area (Å²) in [5.41, 5.74) is 3.99. The second-order valence-corrected chi connectivity index (χ2v) is 9.89. The molecule has 0 fully saturated rings. The van der Waals surface area contributed by atoms with E-state index in [9.17, 15) is 9.59 Å². The van der Waals surface area contributed by atoms with E-state index < -0.39 is 0 Å². The van der Waals surface area contributed by atoms with Crippen molar-refractivity contribution in [3.05, 3.63) is 62.5 Å². The molecule has 4 rings (SSSR count). The zero-order valence-electron chi connectivity index (χ0n) is 19.6. The maximum absolute atomic E-state index is 13.5. The lowest BCUT2D eigenvalue weighted by Gasteiger charge is -2.14. The highest BCUT2D eigenvalue weighted by molar-refractivity contribution is 7.99. The van der Waals surface area contributed by atoms with Crippen LogP contribution in [0.5, 0.6) is 0 Å². The number of carbonyl (C=O) groups is 1. The van der Waals surface area contributed by atoms with Crippen LogP contribution in [0.1, 0.15) is 50.3 Å². The van der Waals surface area contributed by atoms with Gasteiger partial charge in [0.1, 0.15) is 5.52 Å². The zero-order chi connectivity index (χ0) is 24.1. The van der Waals surface area contributed by atoms with Crippen LogP contribution in [-0.4, -0.2) is 37.5 Å². The minimum absolute atomic E-state index is 0.0604. The lowest BCUT2D eigenvalue weighted by molar-refractivity contribution is -0.118. The molecule has 34 heavy (non-hydrogen) atoms. The summed E-state index contributed by atoms with van der Waals surface area (Å²) in [4.78, 5) is 30.8. The lowest BCUT2D eigenvalue weighted by Crippen LogP contribution is -2.28. The highest BCUT2D eigenvalue weighted by Crippen LogP contribution is 2.22. The summed E-state index contributed by atoms with van der Waals surface area (Å²) in [6, 6.07) is 7.39.